The summed E-state index contributed by atoms with van der Waals surface area (Å²) < 4.78 is 38.1. The Hall–Kier alpha value is -2.03. The molecule has 0 saturated carbocycles. The predicted octanol–water partition coefficient (Wildman–Crippen LogP) is 2.87. The minimum Gasteiger partial charge on any atom is -0.351 e. The van der Waals surface area contributed by atoms with E-state index in [0.29, 0.717) is 6.42 Å². The number of hydrogen-bond donors (Lipinski definition) is 1. The van der Waals surface area contributed by atoms with Crippen LogP contribution in [0.1, 0.15) is 24.5 Å². The second-order valence-electron chi connectivity index (χ2n) is 3.96. The third-order valence-corrected chi connectivity index (χ3v) is 2.66. The summed E-state index contributed by atoms with van der Waals surface area (Å²) in [6, 6.07) is 6.82. The summed E-state index contributed by atoms with van der Waals surface area (Å²) >= 11 is 0. The summed E-state index contributed by atoms with van der Waals surface area (Å²) in [4.78, 5) is 11.5. The molecule has 1 rings (SSSR count). The Kier molecular flexibility index (Phi) is 4.93. The van der Waals surface area contributed by atoms with Crippen LogP contribution >= 0.6 is 0 Å². The number of benzene rings is 1. The van der Waals surface area contributed by atoms with Crippen molar-refractivity contribution in [2.24, 2.45) is 5.92 Å². The zero-order valence-corrected chi connectivity index (χ0v) is 10.3. The van der Waals surface area contributed by atoms with Crippen LogP contribution in [0.25, 0.3) is 0 Å². The summed E-state index contributed by atoms with van der Waals surface area (Å²) in [6.45, 7) is 1.42. The first-order chi connectivity index (χ1) is 8.90. The normalized spacial score (nSPS) is 12.6. The lowest BCUT2D eigenvalue weighted by Crippen LogP contribution is -2.30. The number of rotatable bonds is 4. The van der Waals surface area contributed by atoms with Crippen molar-refractivity contribution in [2.45, 2.75) is 26.1 Å². The maximum atomic E-state index is 12.7. The lowest BCUT2D eigenvalue weighted by Gasteiger charge is -2.14. The van der Waals surface area contributed by atoms with E-state index in [2.05, 4.69) is 5.32 Å². The first-order valence-corrected chi connectivity index (χ1v) is 5.72. The van der Waals surface area contributed by atoms with Gasteiger partial charge in [-0.1, -0.05) is 25.1 Å². The van der Waals surface area contributed by atoms with Crippen molar-refractivity contribution in [1.29, 1.82) is 5.26 Å². The number of amides is 1. The minimum atomic E-state index is -4.46. The third kappa shape index (κ3) is 3.98. The van der Waals surface area contributed by atoms with Crippen LogP contribution in [0.15, 0.2) is 24.3 Å². The van der Waals surface area contributed by atoms with Crippen LogP contribution in [0.4, 0.5) is 13.2 Å². The van der Waals surface area contributed by atoms with Crippen LogP contribution in [0.2, 0.25) is 0 Å². The second-order valence-corrected chi connectivity index (χ2v) is 3.96. The van der Waals surface area contributed by atoms with E-state index in [4.69, 9.17) is 5.26 Å². The highest BCUT2D eigenvalue weighted by molar-refractivity contribution is 5.80. The van der Waals surface area contributed by atoms with E-state index in [1.165, 1.54) is 18.2 Å². The van der Waals surface area contributed by atoms with Crippen LogP contribution in [0.3, 0.4) is 0 Å². The smallest absolute Gasteiger partial charge is 0.351 e. The van der Waals surface area contributed by atoms with Crippen LogP contribution < -0.4 is 5.32 Å². The third-order valence-electron chi connectivity index (χ3n) is 2.66. The van der Waals surface area contributed by atoms with Crippen LogP contribution in [0, 0.1) is 17.2 Å². The van der Waals surface area contributed by atoms with Gasteiger partial charge in [0.15, 0.2) is 0 Å². The SMILES string of the molecule is CCC(C#N)C(=O)NCc1ccccc1C(F)(F)F. The molecule has 0 bridgehead atoms. The van der Waals surface area contributed by atoms with E-state index in [1.54, 1.807) is 13.0 Å². The molecule has 0 spiro atoms. The van der Waals surface area contributed by atoms with E-state index in [-0.39, 0.29) is 12.1 Å². The van der Waals surface area contributed by atoms with Crippen LogP contribution in [-0.2, 0) is 17.5 Å². The standard InChI is InChI=1S/C13H13F3N2O/c1-2-9(7-17)12(19)18-8-10-5-3-4-6-11(10)13(14,15)16/h3-6,9H,2,8H2,1H3,(H,18,19). The molecule has 1 unspecified atom stereocenters. The number of carbonyl (C=O) groups is 1. The molecule has 6 heteroatoms. The molecule has 3 nitrogen and oxygen atoms in total. The summed E-state index contributed by atoms with van der Waals surface area (Å²) in [6.07, 6.45) is -4.13. The average molecular weight is 270 g/mol. The number of hydrogen-bond acceptors (Lipinski definition) is 2. The van der Waals surface area contributed by atoms with Gasteiger partial charge in [0.2, 0.25) is 5.91 Å². The number of carbonyl (C=O) groups excluding carboxylic acids is 1. The number of nitrogens with zero attached hydrogens (tertiary/aromatic N) is 1. The average Bonchev–Trinajstić information content (AvgIpc) is 2.37. The Morgan fingerprint density at radius 3 is 2.58 bits per heavy atom. The van der Waals surface area contributed by atoms with Crippen molar-refractivity contribution in [2.75, 3.05) is 0 Å². The first kappa shape index (κ1) is 15.0. The molecule has 0 aliphatic heterocycles. The largest absolute Gasteiger partial charge is 0.416 e. The van der Waals surface area contributed by atoms with E-state index < -0.39 is 23.6 Å². The number of halogens is 3. The van der Waals surface area contributed by atoms with Gasteiger partial charge in [0.25, 0.3) is 0 Å². The van der Waals surface area contributed by atoms with Gasteiger partial charge in [0.05, 0.1) is 11.6 Å². The minimum absolute atomic E-state index is 0.0175. The van der Waals surface area contributed by atoms with Crippen molar-refractivity contribution in [3.8, 4) is 6.07 Å². The number of alkyl halides is 3. The Labute approximate surface area is 109 Å². The molecule has 0 fully saturated rings. The summed E-state index contributed by atoms with van der Waals surface area (Å²) in [5, 5.41) is 11.0. The quantitative estimate of drug-likeness (QED) is 0.914. The summed E-state index contributed by atoms with van der Waals surface area (Å²) in [5.41, 5.74) is -0.795. The second kappa shape index (κ2) is 6.23. The first-order valence-electron chi connectivity index (χ1n) is 5.72. The van der Waals surface area contributed by atoms with Gasteiger partial charge in [-0.3, -0.25) is 4.79 Å². The Morgan fingerprint density at radius 1 is 1.42 bits per heavy atom. The fourth-order valence-electron chi connectivity index (χ4n) is 1.59. The highest BCUT2D eigenvalue weighted by Gasteiger charge is 2.32. The number of nitrogens with one attached hydrogen (secondary N) is 1. The monoisotopic (exact) mass is 270 g/mol. The van der Waals surface area contributed by atoms with Crippen molar-refractivity contribution in [3.63, 3.8) is 0 Å². The number of nitriles is 1. The zero-order valence-electron chi connectivity index (χ0n) is 10.3. The van der Waals surface area contributed by atoms with E-state index >= 15 is 0 Å². The van der Waals surface area contributed by atoms with E-state index in [1.807, 2.05) is 0 Å². The van der Waals surface area contributed by atoms with Crippen molar-refractivity contribution >= 4 is 5.91 Å². The topological polar surface area (TPSA) is 52.9 Å². The molecule has 1 amide bonds. The Bertz CT molecular complexity index is 491. The zero-order chi connectivity index (χ0) is 14.5. The van der Waals surface area contributed by atoms with Crippen molar-refractivity contribution in [3.05, 3.63) is 35.4 Å². The van der Waals surface area contributed by atoms with Crippen LogP contribution in [0.5, 0.6) is 0 Å². The molecule has 102 valence electrons. The lowest BCUT2D eigenvalue weighted by molar-refractivity contribution is -0.138. The molecule has 1 N–H and O–H groups in total. The highest BCUT2D eigenvalue weighted by atomic mass is 19.4. The molecule has 0 aliphatic carbocycles. The lowest BCUT2D eigenvalue weighted by atomic mass is 10.1. The van der Waals surface area contributed by atoms with Gasteiger partial charge in [-0.15, -0.1) is 0 Å². The summed E-state index contributed by atoms with van der Waals surface area (Å²) in [5.74, 6) is -1.39. The van der Waals surface area contributed by atoms with Crippen molar-refractivity contribution < 1.29 is 18.0 Å². The summed E-state index contributed by atoms with van der Waals surface area (Å²) in [7, 11) is 0. The molecule has 0 heterocycles. The predicted molar refractivity (Wildman–Crippen MR) is 62.7 cm³/mol. The van der Waals surface area contributed by atoms with Gasteiger partial charge in [-0.25, -0.2) is 0 Å². The van der Waals surface area contributed by atoms with E-state index in [9.17, 15) is 18.0 Å². The molecule has 1 atom stereocenters. The molecule has 0 aromatic heterocycles. The highest BCUT2D eigenvalue weighted by Crippen LogP contribution is 2.31. The van der Waals surface area contributed by atoms with Gasteiger partial charge in [0, 0.05) is 6.54 Å². The van der Waals surface area contributed by atoms with Crippen LogP contribution in [-0.4, -0.2) is 5.91 Å². The van der Waals surface area contributed by atoms with E-state index in [0.717, 1.165) is 6.07 Å². The van der Waals surface area contributed by atoms with Gasteiger partial charge < -0.3 is 5.32 Å². The molecular formula is C13H13F3N2O. The molecule has 1 aromatic rings. The molecule has 1 aromatic carbocycles. The molecular weight excluding hydrogens is 257 g/mol. The van der Waals surface area contributed by atoms with Crippen molar-refractivity contribution in [1.82, 2.24) is 5.32 Å². The Morgan fingerprint density at radius 2 is 2.05 bits per heavy atom. The molecule has 0 saturated heterocycles. The molecule has 0 radical (unpaired) electrons. The maximum Gasteiger partial charge on any atom is 0.416 e. The fourth-order valence-corrected chi connectivity index (χ4v) is 1.59. The molecule has 19 heavy (non-hydrogen) atoms. The van der Waals surface area contributed by atoms with Gasteiger partial charge in [-0.2, -0.15) is 18.4 Å². The van der Waals surface area contributed by atoms with Gasteiger partial charge in [-0.05, 0) is 18.1 Å². The van der Waals surface area contributed by atoms with Gasteiger partial charge >= 0.3 is 6.18 Å². The maximum absolute atomic E-state index is 12.7. The molecule has 0 aliphatic rings. The van der Waals surface area contributed by atoms with Gasteiger partial charge in [0.1, 0.15) is 5.92 Å². The Balaban J connectivity index is 2.80. The fraction of sp³-hybridized carbons (Fsp3) is 0.385.